The van der Waals surface area contributed by atoms with Gasteiger partial charge in [-0.15, -0.1) is 0 Å². The van der Waals surface area contributed by atoms with Gasteiger partial charge in [-0.25, -0.2) is 4.79 Å². The molecule has 36 heavy (non-hydrogen) atoms. The molecule has 0 spiro atoms. The van der Waals surface area contributed by atoms with Gasteiger partial charge in [0.15, 0.2) is 0 Å². The maximum atomic E-state index is 12.1. The van der Waals surface area contributed by atoms with Crippen LogP contribution < -0.4 is 11.4 Å². The molecule has 1 aromatic heterocycles. The van der Waals surface area contributed by atoms with Crippen LogP contribution >= 0.6 is 7.60 Å². The number of anilines is 1. The van der Waals surface area contributed by atoms with Gasteiger partial charge in [0.25, 0.3) is 0 Å². The molecule has 0 aliphatic heterocycles. The number of hydrogen-bond acceptors (Lipinski definition) is 8. The van der Waals surface area contributed by atoms with Crippen molar-refractivity contribution in [1.82, 2.24) is 9.55 Å². The van der Waals surface area contributed by atoms with Gasteiger partial charge < -0.3 is 29.7 Å². The summed E-state index contributed by atoms with van der Waals surface area (Å²) in [5, 5.41) is 9.45. The molecule has 0 saturated heterocycles. The van der Waals surface area contributed by atoms with E-state index in [0.717, 1.165) is 18.8 Å². The second-order valence-corrected chi connectivity index (χ2v) is 11.5. The van der Waals surface area contributed by atoms with Gasteiger partial charge >= 0.3 is 13.3 Å². The molecule has 210 valence electrons. The third-order valence-corrected chi connectivity index (χ3v) is 6.83. The lowest BCUT2D eigenvalue weighted by atomic mass is 10.0. The van der Waals surface area contributed by atoms with Gasteiger partial charge in [-0.1, -0.05) is 71.6 Å². The molecular formula is C25H48N3O7P. The topological polar surface area (TPSA) is 146 Å². The number of aliphatic hydroxyl groups is 1. The van der Waals surface area contributed by atoms with Crippen molar-refractivity contribution in [2.75, 3.05) is 38.5 Å². The average Bonchev–Trinajstić information content (AvgIpc) is 2.82. The van der Waals surface area contributed by atoms with Crippen LogP contribution in [-0.4, -0.2) is 58.4 Å². The first-order valence-corrected chi connectivity index (χ1v) is 15.1. The van der Waals surface area contributed by atoms with Crippen LogP contribution in [0.1, 0.15) is 84.5 Å². The highest BCUT2D eigenvalue weighted by Crippen LogP contribution is 2.42. The largest absolute Gasteiger partial charge is 0.394 e. The van der Waals surface area contributed by atoms with Crippen molar-refractivity contribution in [1.29, 1.82) is 0 Å². The Labute approximate surface area is 216 Å². The molecule has 1 unspecified atom stereocenters. The number of aliphatic hydroxyl groups excluding tert-OH is 1. The lowest BCUT2D eigenvalue weighted by Crippen LogP contribution is -2.32. The highest BCUT2D eigenvalue weighted by atomic mass is 31.2. The molecule has 0 aromatic carbocycles. The molecule has 11 heteroatoms. The van der Waals surface area contributed by atoms with Crippen molar-refractivity contribution in [2.45, 2.75) is 97.1 Å². The summed E-state index contributed by atoms with van der Waals surface area (Å²) < 4.78 is 29.3. The Bertz CT molecular complexity index is 791. The van der Waals surface area contributed by atoms with E-state index < -0.39 is 32.3 Å². The zero-order valence-electron chi connectivity index (χ0n) is 22.2. The van der Waals surface area contributed by atoms with Gasteiger partial charge in [-0.3, -0.25) is 9.13 Å². The Morgan fingerprint density at radius 3 is 2.22 bits per heavy atom. The Hall–Kier alpha value is -1.29. The van der Waals surface area contributed by atoms with E-state index in [1.54, 1.807) is 0 Å². The lowest BCUT2D eigenvalue weighted by Gasteiger charge is -2.19. The van der Waals surface area contributed by atoms with Gasteiger partial charge in [0.2, 0.25) is 0 Å². The summed E-state index contributed by atoms with van der Waals surface area (Å²) in [7, 11) is -3.99. The number of hydrogen-bond donors (Lipinski definition) is 3. The molecule has 1 rings (SSSR count). The molecule has 1 heterocycles. The predicted octanol–water partition coefficient (Wildman–Crippen LogP) is 4.33. The Morgan fingerprint density at radius 2 is 1.61 bits per heavy atom. The van der Waals surface area contributed by atoms with Crippen LogP contribution in [-0.2, 0) is 25.1 Å². The van der Waals surface area contributed by atoms with Crippen LogP contribution in [0, 0.1) is 5.92 Å². The van der Waals surface area contributed by atoms with Crippen LogP contribution in [0.4, 0.5) is 5.82 Å². The number of aromatic nitrogens is 2. The summed E-state index contributed by atoms with van der Waals surface area (Å²) in [4.78, 5) is 25.3. The van der Waals surface area contributed by atoms with Crippen LogP contribution in [0.5, 0.6) is 0 Å². The molecule has 0 fully saturated rings. The van der Waals surface area contributed by atoms with Crippen LogP contribution in [0.2, 0.25) is 0 Å². The molecule has 0 aliphatic rings. The summed E-state index contributed by atoms with van der Waals surface area (Å²) >= 11 is 0. The average molecular weight is 534 g/mol. The minimum atomic E-state index is -3.99. The van der Waals surface area contributed by atoms with Crippen LogP contribution in [0.3, 0.4) is 0 Å². The van der Waals surface area contributed by atoms with E-state index in [4.69, 9.17) is 19.7 Å². The lowest BCUT2D eigenvalue weighted by molar-refractivity contribution is 0.0162. The molecule has 0 aliphatic carbocycles. The number of nitrogens with two attached hydrogens (primary N) is 1. The zero-order chi connectivity index (χ0) is 26.7. The molecule has 0 radical (unpaired) electrons. The minimum absolute atomic E-state index is 0.0328. The van der Waals surface area contributed by atoms with E-state index in [1.807, 2.05) is 0 Å². The number of rotatable bonds is 23. The zero-order valence-corrected chi connectivity index (χ0v) is 23.1. The first kappa shape index (κ1) is 32.7. The van der Waals surface area contributed by atoms with Crippen molar-refractivity contribution in [3.8, 4) is 0 Å². The fraction of sp³-hybridized carbons (Fsp3) is 0.840. The molecule has 0 saturated carbocycles. The van der Waals surface area contributed by atoms with Crippen molar-refractivity contribution in [3.05, 3.63) is 22.7 Å². The highest BCUT2D eigenvalue weighted by Gasteiger charge is 2.22. The number of unbranched alkanes of at least 4 members (excludes halogenated alkanes) is 8. The summed E-state index contributed by atoms with van der Waals surface area (Å²) in [6.07, 6.45) is 13.3. The number of ether oxygens (including phenoxy) is 2. The third-order valence-electron chi connectivity index (χ3n) is 5.77. The normalized spacial score (nSPS) is 14.2. The second kappa shape index (κ2) is 19.8. The Morgan fingerprint density at radius 1 is 1.00 bits per heavy atom. The first-order chi connectivity index (χ1) is 17.2. The van der Waals surface area contributed by atoms with Crippen molar-refractivity contribution in [2.24, 2.45) is 5.92 Å². The standard InChI is InChI=1S/C25H48N3O7P/c1-22(2)13-10-8-6-4-3-5-7-9-11-16-33-17-12-18-35-36(31,32)21-34-23(20-29)19-28-15-14-24(26)27-25(28)30/h14-15,22-23,29H,3-13,16-21H2,1-2H3,(H,31,32)(H2,26,27,30)/t23-/m0/s1. The molecule has 0 bridgehead atoms. The summed E-state index contributed by atoms with van der Waals surface area (Å²) in [6.45, 7) is 5.31. The molecule has 2 atom stereocenters. The van der Waals surface area contributed by atoms with Crippen molar-refractivity contribution >= 4 is 13.4 Å². The first-order valence-electron chi connectivity index (χ1n) is 13.3. The summed E-state index contributed by atoms with van der Waals surface area (Å²) in [6, 6.07) is 1.44. The van der Waals surface area contributed by atoms with E-state index >= 15 is 0 Å². The van der Waals surface area contributed by atoms with Crippen LogP contribution in [0.15, 0.2) is 17.1 Å². The van der Waals surface area contributed by atoms with Gasteiger partial charge in [-0.05, 0) is 24.8 Å². The van der Waals surface area contributed by atoms with Crippen LogP contribution in [0.25, 0.3) is 0 Å². The van der Waals surface area contributed by atoms with E-state index in [9.17, 15) is 19.4 Å². The number of nitrogen functional groups attached to an aromatic ring is 1. The minimum Gasteiger partial charge on any atom is -0.394 e. The van der Waals surface area contributed by atoms with Crippen molar-refractivity contribution < 1.29 is 28.6 Å². The van der Waals surface area contributed by atoms with E-state index in [1.165, 1.54) is 68.2 Å². The van der Waals surface area contributed by atoms with E-state index in [0.29, 0.717) is 19.6 Å². The van der Waals surface area contributed by atoms with Crippen molar-refractivity contribution in [3.63, 3.8) is 0 Å². The van der Waals surface area contributed by atoms with Gasteiger partial charge in [-0.2, -0.15) is 4.98 Å². The maximum absolute atomic E-state index is 12.1. The third kappa shape index (κ3) is 17.2. The molecule has 1 aromatic rings. The molecule has 10 nitrogen and oxygen atoms in total. The predicted molar refractivity (Wildman–Crippen MR) is 142 cm³/mol. The fourth-order valence-corrected chi connectivity index (χ4v) is 4.55. The highest BCUT2D eigenvalue weighted by molar-refractivity contribution is 7.52. The van der Waals surface area contributed by atoms with E-state index in [2.05, 4.69) is 18.8 Å². The maximum Gasteiger partial charge on any atom is 0.353 e. The Kier molecular flexibility index (Phi) is 18.0. The SMILES string of the molecule is CC(C)CCCCCCCCCCCOCCCOP(=O)(O)CO[C@H](CO)Cn1ccc(N)nc1=O. The molecular weight excluding hydrogens is 485 g/mol. The smallest absolute Gasteiger partial charge is 0.353 e. The summed E-state index contributed by atoms with van der Waals surface area (Å²) in [5.41, 5.74) is 4.85. The molecule has 0 amide bonds. The van der Waals surface area contributed by atoms with E-state index in [-0.39, 0.29) is 19.0 Å². The fourth-order valence-electron chi connectivity index (χ4n) is 3.66. The molecule has 4 N–H and O–H groups in total. The quantitative estimate of drug-likeness (QED) is 0.138. The van der Waals surface area contributed by atoms with Gasteiger partial charge in [0.1, 0.15) is 12.2 Å². The van der Waals surface area contributed by atoms with Gasteiger partial charge in [0, 0.05) is 19.4 Å². The monoisotopic (exact) mass is 533 g/mol. The van der Waals surface area contributed by atoms with Gasteiger partial charge in [0.05, 0.1) is 25.9 Å². The second-order valence-electron chi connectivity index (χ2n) is 9.69. The number of nitrogens with zero attached hydrogens (tertiary/aromatic N) is 2. The Balaban J connectivity index is 2.00. The summed E-state index contributed by atoms with van der Waals surface area (Å²) in [5.74, 6) is 0.908.